The lowest BCUT2D eigenvalue weighted by molar-refractivity contribution is 0.411. The Bertz CT molecular complexity index is 1410. The molecule has 0 aliphatic rings. The van der Waals surface area contributed by atoms with Crippen molar-refractivity contribution in [3.8, 4) is 17.2 Å². The summed E-state index contributed by atoms with van der Waals surface area (Å²) in [7, 11) is -1.89. The van der Waals surface area contributed by atoms with Gasteiger partial charge in [-0.3, -0.25) is 0 Å². The molecule has 0 aromatic heterocycles. The molecular formula is C28H26O4S2. The summed E-state index contributed by atoms with van der Waals surface area (Å²) in [4.78, 5) is 2.76. The van der Waals surface area contributed by atoms with E-state index in [1.165, 1.54) is 0 Å². The second-order valence-corrected chi connectivity index (χ2v) is 11.1. The third-order valence-corrected chi connectivity index (χ3v) is 8.21. The van der Waals surface area contributed by atoms with Crippen LogP contribution in [-0.4, -0.2) is 15.5 Å². The van der Waals surface area contributed by atoms with Crippen LogP contribution in [0.2, 0.25) is 0 Å². The van der Waals surface area contributed by atoms with Gasteiger partial charge in [0.25, 0.3) is 0 Å². The minimum Gasteiger partial charge on any atom is -0.496 e. The van der Waals surface area contributed by atoms with Crippen LogP contribution in [0.1, 0.15) is 16.7 Å². The summed E-state index contributed by atoms with van der Waals surface area (Å²) in [6.45, 7) is 5.95. The Hall–Kier alpha value is -3.22. The smallest absolute Gasteiger partial charge is 0.206 e. The number of hydrogen-bond acceptors (Lipinski definition) is 5. The van der Waals surface area contributed by atoms with E-state index in [1.54, 1.807) is 67.4 Å². The monoisotopic (exact) mass is 490 g/mol. The summed E-state index contributed by atoms with van der Waals surface area (Å²) >= 11 is 1.68. The van der Waals surface area contributed by atoms with Crippen molar-refractivity contribution in [3.05, 3.63) is 102 Å². The molecule has 4 aromatic carbocycles. The Morgan fingerprint density at radius 1 is 0.647 bits per heavy atom. The maximum absolute atomic E-state index is 12.9. The number of aryl methyl sites for hydroxylation is 3. The molecule has 4 rings (SSSR count). The fraction of sp³-hybridized carbons (Fsp3) is 0.143. The molecule has 4 nitrogen and oxygen atoms in total. The first kappa shape index (κ1) is 23.9. The fourth-order valence-electron chi connectivity index (χ4n) is 3.52. The zero-order valence-electron chi connectivity index (χ0n) is 19.5. The molecule has 0 unspecified atom stereocenters. The van der Waals surface area contributed by atoms with Gasteiger partial charge in [0.05, 0.1) is 16.9 Å². The van der Waals surface area contributed by atoms with Gasteiger partial charge in [-0.05, 0) is 105 Å². The summed E-state index contributed by atoms with van der Waals surface area (Å²) in [5.41, 5.74) is 3.10. The van der Waals surface area contributed by atoms with Crippen molar-refractivity contribution >= 4 is 21.6 Å². The van der Waals surface area contributed by atoms with E-state index < -0.39 is 9.84 Å². The number of rotatable bonds is 7. The zero-order valence-corrected chi connectivity index (χ0v) is 21.2. The van der Waals surface area contributed by atoms with Gasteiger partial charge >= 0.3 is 0 Å². The van der Waals surface area contributed by atoms with Gasteiger partial charge in [-0.15, -0.1) is 0 Å². The third-order valence-electron chi connectivity index (χ3n) is 5.44. The number of ether oxygens (including phenoxy) is 2. The van der Waals surface area contributed by atoms with Gasteiger partial charge in [-0.25, -0.2) is 8.42 Å². The normalized spacial score (nSPS) is 11.3. The van der Waals surface area contributed by atoms with Crippen LogP contribution in [-0.2, 0) is 9.84 Å². The van der Waals surface area contributed by atoms with Crippen LogP contribution >= 0.6 is 11.8 Å². The molecule has 0 fully saturated rings. The Morgan fingerprint density at radius 3 is 1.65 bits per heavy atom. The minimum atomic E-state index is -3.56. The summed E-state index contributed by atoms with van der Waals surface area (Å²) in [5.74, 6) is 2.18. The minimum absolute atomic E-state index is 0.238. The van der Waals surface area contributed by atoms with Crippen molar-refractivity contribution in [1.29, 1.82) is 0 Å². The van der Waals surface area contributed by atoms with Crippen LogP contribution in [0.3, 0.4) is 0 Å². The maximum atomic E-state index is 12.9. The van der Waals surface area contributed by atoms with Crippen LogP contribution in [0.25, 0.3) is 0 Å². The van der Waals surface area contributed by atoms with E-state index in [1.807, 2.05) is 45.0 Å². The first-order chi connectivity index (χ1) is 16.3. The lowest BCUT2D eigenvalue weighted by atomic mass is 10.2. The Morgan fingerprint density at radius 2 is 1.15 bits per heavy atom. The van der Waals surface area contributed by atoms with Gasteiger partial charge in [0.15, 0.2) is 0 Å². The van der Waals surface area contributed by atoms with Crippen molar-refractivity contribution in [2.75, 3.05) is 7.11 Å². The number of benzene rings is 4. The topological polar surface area (TPSA) is 52.6 Å². The Labute approximate surface area is 205 Å². The van der Waals surface area contributed by atoms with Crippen molar-refractivity contribution in [3.63, 3.8) is 0 Å². The summed E-state index contributed by atoms with van der Waals surface area (Å²) in [6.07, 6.45) is 0. The van der Waals surface area contributed by atoms with Gasteiger partial charge in [0, 0.05) is 9.79 Å². The van der Waals surface area contributed by atoms with Gasteiger partial charge < -0.3 is 9.47 Å². The molecule has 0 aliphatic heterocycles. The van der Waals surface area contributed by atoms with Crippen molar-refractivity contribution in [1.82, 2.24) is 0 Å². The highest BCUT2D eigenvalue weighted by Crippen LogP contribution is 2.35. The predicted octanol–water partition coefficient (Wildman–Crippen LogP) is 7.40. The molecule has 0 saturated carbocycles. The molecule has 0 aliphatic carbocycles. The van der Waals surface area contributed by atoms with Gasteiger partial charge in [-0.1, -0.05) is 29.5 Å². The second-order valence-electron chi connectivity index (χ2n) is 8.05. The molecule has 174 valence electrons. The Balaban J connectivity index is 1.47. The molecule has 0 saturated heterocycles. The molecule has 0 atom stereocenters. The van der Waals surface area contributed by atoms with Gasteiger partial charge in [-0.2, -0.15) is 0 Å². The van der Waals surface area contributed by atoms with E-state index >= 15 is 0 Å². The van der Waals surface area contributed by atoms with E-state index in [0.29, 0.717) is 5.75 Å². The zero-order chi connectivity index (χ0) is 24.3. The highest BCUT2D eigenvalue weighted by atomic mass is 32.2. The number of methoxy groups -OCH3 is 1. The molecule has 0 radical (unpaired) electrons. The van der Waals surface area contributed by atoms with Crippen LogP contribution in [0, 0.1) is 20.8 Å². The summed E-state index contributed by atoms with van der Waals surface area (Å²) in [5, 5.41) is 0. The average molecular weight is 491 g/mol. The number of hydrogen-bond donors (Lipinski definition) is 0. The van der Waals surface area contributed by atoms with Crippen molar-refractivity contribution < 1.29 is 17.9 Å². The van der Waals surface area contributed by atoms with E-state index in [-0.39, 0.29) is 9.79 Å². The fourth-order valence-corrected chi connectivity index (χ4v) is 5.79. The van der Waals surface area contributed by atoms with Crippen molar-refractivity contribution in [2.45, 2.75) is 40.4 Å². The van der Waals surface area contributed by atoms with Crippen LogP contribution in [0.5, 0.6) is 17.2 Å². The highest BCUT2D eigenvalue weighted by Gasteiger charge is 2.17. The largest absolute Gasteiger partial charge is 0.496 e. The van der Waals surface area contributed by atoms with Crippen LogP contribution in [0.15, 0.2) is 105 Å². The van der Waals surface area contributed by atoms with Crippen LogP contribution < -0.4 is 9.47 Å². The molecule has 4 aromatic rings. The molecule has 6 heteroatoms. The van der Waals surface area contributed by atoms with E-state index in [2.05, 4.69) is 12.1 Å². The van der Waals surface area contributed by atoms with Crippen LogP contribution in [0.4, 0.5) is 0 Å². The molecule has 0 spiro atoms. The standard InChI is InChI=1S/C28H26O4S2/c1-19-5-11-25(12-6-19)34(29,30)26-13-7-22(8-14-26)32-28-16-10-24(18-21(28)3)33-23-9-15-27(31-4)20(2)17-23/h5-18H,1-4H3. The molecule has 0 bridgehead atoms. The lowest BCUT2D eigenvalue weighted by Gasteiger charge is -2.12. The summed E-state index contributed by atoms with van der Waals surface area (Å²) < 4.78 is 37.1. The van der Waals surface area contributed by atoms with E-state index in [4.69, 9.17) is 9.47 Å². The SMILES string of the molecule is COc1ccc(Sc2ccc(Oc3ccc(S(=O)(=O)c4ccc(C)cc4)cc3)c(C)c2)cc1C. The first-order valence-electron chi connectivity index (χ1n) is 10.8. The van der Waals surface area contributed by atoms with Gasteiger partial charge in [0.1, 0.15) is 17.2 Å². The molecule has 34 heavy (non-hydrogen) atoms. The van der Waals surface area contributed by atoms with Gasteiger partial charge in [0.2, 0.25) is 9.84 Å². The first-order valence-corrected chi connectivity index (χ1v) is 13.1. The lowest BCUT2D eigenvalue weighted by Crippen LogP contribution is -2.01. The van der Waals surface area contributed by atoms with Crippen molar-refractivity contribution in [2.24, 2.45) is 0 Å². The molecule has 0 amide bonds. The molecule has 0 N–H and O–H groups in total. The molecular weight excluding hydrogens is 464 g/mol. The quantitative estimate of drug-likeness (QED) is 0.270. The predicted molar refractivity (Wildman–Crippen MR) is 136 cm³/mol. The van der Waals surface area contributed by atoms with E-state index in [0.717, 1.165) is 38.0 Å². The number of sulfone groups is 1. The average Bonchev–Trinajstić information content (AvgIpc) is 2.82. The third kappa shape index (κ3) is 5.29. The second kappa shape index (κ2) is 9.95. The van der Waals surface area contributed by atoms with E-state index in [9.17, 15) is 8.42 Å². The highest BCUT2D eigenvalue weighted by molar-refractivity contribution is 7.99. The Kier molecular flexibility index (Phi) is 7.00. The summed E-state index contributed by atoms with van der Waals surface area (Å²) in [6, 6.07) is 25.5. The maximum Gasteiger partial charge on any atom is 0.206 e. The molecule has 0 heterocycles.